The maximum Gasteiger partial charge on any atom is 0.180 e. The zero-order valence-corrected chi connectivity index (χ0v) is 14.2. The van der Waals surface area contributed by atoms with E-state index in [9.17, 15) is 0 Å². The van der Waals surface area contributed by atoms with Crippen molar-refractivity contribution in [1.82, 2.24) is 5.32 Å². The summed E-state index contributed by atoms with van der Waals surface area (Å²) >= 11 is 12.2. The molecule has 0 radical (unpaired) electrons. The molecule has 0 aliphatic heterocycles. The average molecular weight is 340 g/mol. The summed E-state index contributed by atoms with van der Waals surface area (Å²) in [7, 11) is 1.89. The molecule has 2 aromatic carbocycles. The van der Waals surface area contributed by atoms with Gasteiger partial charge in [-0.3, -0.25) is 0 Å². The summed E-state index contributed by atoms with van der Waals surface area (Å²) in [5.41, 5.74) is 2.07. The van der Waals surface area contributed by atoms with Crippen molar-refractivity contribution in [2.75, 3.05) is 13.7 Å². The molecule has 0 amide bonds. The van der Waals surface area contributed by atoms with Gasteiger partial charge in [0.15, 0.2) is 11.5 Å². The van der Waals surface area contributed by atoms with Gasteiger partial charge in [-0.05, 0) is 49.4 Å². The molecule has 0 aliphatic carbocycles. The van der Waals surface area contributed by atoms with E-state index < -0.39 is 0 Å². The fraction of sp³-hybridized carbons (Fsp3) is 0.294. The zero-order chi connectivity index (χ0) is 15.9. The lowest BCUT2D eigenvalue weighted by atomic mass is 10.2. The van der Waals surface area contributed by atoms with Gasteiger partial charge in [-0.2, -0.15) is 0 Å². The van der Waals surface area contributed by atoms with Crippen molar-refractivity contribution < 1.29 is 9.47 Å². The predicted molar refractivity (Wildman–Crippen MR) is 91.2 cm³/mol. The minimum Gasteiger partial charge on any atom is -0.490 e. The van der Waals surface area contributed by atoms with Crippen LogP contribution in [0.5, 0.6) is 11.5 Å². The van der Waals surface area contributed by atoms with Gasteiger partial charge in [-0.1, -0.05) is 35.3 Å². The van der Waals surface area contributed by atoms with Crippen molar-refractivity contribution in [3.8, 4) is 11.5 Å². The van der Waals surface area contributed by atoms with E-state index in [2.05, 4.69) is 5.32 Å². The maximum absolute atomic E-state index is 6.34. The third-order valence-corrected chi connectivity index (χ3v) is 3.58. The molecule has 0 unspecified atom stereocenters. The summed E-state index contributed by atoms with van der Waals surface area (Å²) in [6.07, 6.45) is 0. The number of ether oxygens (including phenoxy) is 2. The number of rotatable bonds is 7. The van der Waals surface area contributed by atoms with Crippen molar-refractivity contribution in [2.45, 2.75) is 20.1 Å². The minimum atomic E-state index is 0.405. The molecule has 0 saturated carbocycles. The molecule has 5 heteroatoms. The molecule has 0 atom stereocenters. The van der Waals surface area contributed by atoms with Crippen molar-refractivity contribution in [1.29, 1.82) is 0 Å². The second-order valence-corrected chi connectivity index (χ2v) is 5.63. The molecule has 118 valence electrons. The van der Waals surface area contributed by atoms with Gasteiger partial charge in [-0.25, -0.2) is 0 Å². The Bertz CT molecular complexity index is 615. The predicted octanol–water partition coefficient (Wildman–Crippen LogP) is 4.69. The lowest BCUT2D eigenvalue weighted by Crippen LogP contribution is -2.07. The molecular formula is C17H19Cl2NO2. The van der Waals surface area contributed by atoms with Crippen LogP contribution in [0.2, 0.25) is 10.0 Å². The zero-order valence-electron chi connectivity index (χ0n) is 12.7. The molecule has 0 aliphatic rings. The Morgan fingerprint density at radius 3 is 2.36 bits per heavy atom. The van der Waals surface area contributed by atoms with Crippen LogP contribution < -0.4 is 14.8 Å². The van der Waals surface area contributed by atoms with E-state index in [1.807, 2.05) is 50.4 Å². The smallest absolute Gasteiger partial charge is 0.180 e. The molecule has 2 aromatic rings. The highest BCUT2D eigenvalue weighted by Crippen LogP contribution is 2.37. The molecule has 0 heterocycles. The van der Waals surface area contributed by atoms with E-state index in [1.165, 1.54) is 0 Å². The first-order valence-corrected chi connectivity index (χ1v) is 7.86. The molecule has 0 spiro atoms. The van der Waals surface area contributed by atoms with E-state index >= 15 is 0 Å². The minimum absolute atomic E-state index is 0.405. The number of nitrogens with one attached hydrogen (secondary N) is 1. The van der Waals surface area contributed by atoms with Crippen LogP contribution in [0.1, 0.15) is 18.1 Å². The standard InChI is InChI=1S/C17H19Cl2NO2/c1-3-21-16-9-13(10-20-2)8-15(19)17(16)22-11-12-4-6-14(18)7-5-12/h4-9,20H,3,10-11H2,1-2H3. The van der Waals surface area contributed by atoms with Gasteiger partial charge in [0.1, 0.15) is 6.61 Å². The van der Waals surface area contributed by atoms with Gasteiger partial charge < -0.3 is 14.8 Å². The Morgan fingerprint density at radius 2 is 1.73 bits per heavy atom. The molecular weight excluding hydrogens is 321 g/mol. The van der Waals surface area contributed by atoms with Gasteiger partial charge in [0.25, 0.3) is 0 Å². The molecule has 0 fully saturated rings. The number of hydrogen-bond donors (Lipinski definition) is 1. The molecule has 0 bridgehead atoms. The number of benzene rings is 2. The van der Waals surface area contributed by atoms with Gasteiger partial charge in [-0.15, -0.1) is 0 Å². The topological polar surface area (TPSA) is 30.5 Å². The van der Waals surface area contributed by atoms with Gasteiger partial charge in [0.05, 0.1) is 11.6 Å². The van der Waals surface area contributed by atoms with Gasteiger partial charge >= 0.3 is 0 Å². The van der Waals surface area contributed by atoms with Crippen LogP contribution in [0.15, 0.2) is 36.4 Å². The Kier molecular flexibility index (Phi) is 6.37. The van der Waals surface area contributed by atoms with Crippen LogP contribution in [-0.4, -0.2) is 13.7 Å². The third-order valence-electron chi connectivity index (χ3n) is 3.05. The van der Waals surface area contributed by atoms with Crippen LogP contribution in [0.3, 0.4) is 0 Å². The number of halogens is 2. The fourth-order valence-electron chi connectivity index (χ4n) is 2.07. The SMILES string of the molecule is CCOc1cc(CNC)cc(Cl)c1OCc1ccc(Cl)cc1. The first-order valence-electron chi connectivity index (χ1n) is 7.11. The Hall–Kier alpha value is -1.42. The lowest BCUT2D eigenvalue weighted by molar-refractivity contribution is 0.269. The molecule has 0 saturated heterocycles. The van der Waals surface area contributed by atoms with Crippen molar-refractivity contribution >= 4 is 23.2 Å². The van der Waals surface area contributed by atoms with Crippen molar-refractivity contribution in [3.63, 3.8) is 0 Å². The van der Waals surface area contributed by atoms with Gasteiger partial charge in [0, 0.05) is 11.6 Å². The quantitative estimate of drug-likeness (QED) is 0.793. The summed E-state index contributed by atoms with van der Waals surface area (Å²) in [5.74, 6) is 1.23. The van der Waals surface area contributed by atoms with Crippen LogP contribution in [0, 0.1) is 0 Å². The van der Waals surface area contributed by atoms with E-state index in [0.29, 0.717) is 34.8 Å². The van der Waals surface area contributed by atoms with Crippen molar-refractivity contribution in [3.05, 3.63) is 57.6 Å². The molecule has 0 aromatic heterocycles. The largest absolute Gasteiger partial charge is 0.490 e. The van der Waals surface area contributed by atoms with Crippen LogP contribution >= 0.6 is 23.2 Å². The summed E-state index contributed by atoms with van der Waals surface area (Å²) in [6, 6.07) is 11.3. The highest BCUT2D eigenvalue weighted by atomic mass is 35.5. The highest BCUT2D eigenvalue weighted by molar-refractivity contribution is 6.32. The first kappa shape index (κ1) is 16.9. The highest BCUT2D eigenvalue weighted by Gasteiger charge is 2.12. The second-order valence-electron chi connectivity index (χ2n) is 4.78. The molecule has 22 heavy (non-hydrogen) atoms. The molecule has 3 nitrogen and oxygen atoms in total. The fourth-order valence-corrected chi connectivity index (χ4v) is 2.48. The van der Waals surface area contributed by atoms with Crippen LogP contribution in [0.4, 0.5) is 0 Å². The van der Waals surface area contributed by atoms with E-state index in [-0.39, 0.29) is 0 Å². The van der Waals surface area contributed by atoms with E-state index in [0.717, 1.165) is 17.7 Å². The third kappa shape index (κ3) is 4.54. The first-order chi connectivity index (χ1) is 10.6. The van der Waals surface area contributed by atoms with Gasteiger partial charge in [0.2, 0.25) is 0 Å². The number of hydrogen-bond acceptors (Lipinski definition) is 3. The van der Waals surface area contributed by atoms with Crippen LogP contribution in [-0.2, 0) is 13.2 Å². The molecule has 2 rings (SSSR count). The Labute approximate surface area is 141 Å². The van der Waals surface area contributed by atoms with Crippen molar-refractivity contribution in [2.24, 2.45) is 0 Å². The molecule has 1 N–H and O–H groups in total. The summed E-state index contributed by atoms with van der Waals surface area (Å²) in [4.78, 5) is 0. The monoisotopic (exact) mass is 339 g/mol. The maximum atomic E-state index is 6.34. The lowest BCUT2D eigenvalue weighted by Gasteiger charge is -2.15. The summed E-state index contributed by atoms with van der Waals surface area (Å²) in [6.45, 7) is 3.61. The summed E-state index contributed by atoms with van der Waals surface area (Å²) < 4.78 is 11.5. The van der Waals surface area contributed by atoms with E-state index in [4.69, 9.17) is 32.7 Å². The average Bonchev–Trinajstić information content (AvgIpc) is 2.49. The van der Waals surface area contributed by atoms with Crippen LogP contribution in [0.25, 0.3) is 0 Å². The second kappa shape index (κ2) is 8.28. The van der Waals surface area contributed by atoms with E-state index in [1.54, 1.807) is 0 Å². The Morgan fingerprint density at radius 1 is 1.00 bits per heavy atom. The normalized spacial score (nSPS) is 10.5. The summed E-state index contributed by atoms with van der Waals surface area (Å²) in [5, 5.41) is 4.34. The Balaban J connectivity index is 2.19.